The predicted molar refractivity (Wildman–Crippen MR) is 220 cm³/mol. The average Bonchev–Trinajstić information content (AvgIpc) is 3.08. The first kappa shape index (κ1) is 37.4. The van der Waals surface area contributed by atoms with Crippen molar-refractivity contribution in [1.82, 2.24) is 9.72 Å². The monoisotopic (exact) mass is 779 g/mol. The SMILES string of the molecule is Cc1cccc(OP2(Oc3cccc(C)c3)=N[P+](Oc3cccc(C)c3)(Oc3cccc(C)c3)N[P+](Oc3cccc(C)c3)(Oc3cccc(C)c3)N2)c1. The van der Waals surface area contributed by atoms with E-state index in [1.165, 1.54) is 0 Å². The zero-order valence-electron chi connectivity index (χ0n) is 31.1. The minimum Gasteiger partial charge on any atom is -0.415 e. The molecular weight excluding hydrogens is 735 g/mol. The third-order valence-electron chi connectivity index (χ3n) is 8.07. The average molecular weight is 780 g/mol. The number of benzene rings is 6. The van der Waals surface area contributed by atoms with Crippen LogP contribution in [0.5, 0.6) is 34.5 Å². The highest BCUT2D eigenvalue weighted by Crippen LogP contribution is 2.80. The van der Waals surface area contributed by atoms with Gasteiger partial charge in [0.1, 0.15) is 16.4 Å². The molecule has 1 heterocycles. The van der Waals surface area contributed by atoms with Crippen LogP contribution in [0.2, 0.25) is 0 Å². The molecule has 7 rings (SSSR count). The first-order valence-corrected chi connectivity index (χ1v) is 22.3. The van der Waals surface area contributed by atoms with E-state index in [2.05, 4.69) is 9.72 Å². The molecule has 6 aromatic carbocycles. The fourth-order valence-corrected chi connectivity index (χ4v) is 15.7. The van der Waals surface area contributed by atoms with Crippen LogP contribution in [0.3, 0.4) is 0 Å². The molecule has 12 heteroatoms. The second-order valence-electron chi connectivity index (χ2n) is 13.3. The molecule has 0 radical (unpaired) electrons. The Morgan fingerprint density at radius 3 is 1.04 bits per heavy atom. The maximum Gasteiger partial charge on any atom is 0.617 e. The van der Waals surface area contributed by atoms with Gasteiger partial charge in [0.2, 0.25) is 0 Å². The maximum absolute atomic E-state index is 7.07. The van der Waals surface area contributed by atoms with Crippen molar-refractivity contribution in [1.29, 1.82) is 0 Å². The lowest BCUT2D eigenvalue weighted by molar-refractivity contribution is 0.403. The second kappa shape index (κ2) is 15.8. The van der Waals surface area contributed by atoms with Crippen molar-refractivity contribution in [3.8, 4) is 34.5 Å². The molecule has 0 spiro atoms. The zero-order chi connectivity index (χ0) is 37.8. The summed E-state index contributed by atoms with van der Waals surface area (Å²) in [6.07, 6.45) is 0. The maximum atomic E-state index is 7.07. The highest BCUT2D eigenvalue weighted by Gasteiger charge is 2.75. The number of nitrogens with one attached hydrogen (secondary N) is 2. The Kier molecular flexibility index (Phi) is 11.0. The lowest BCUT2D eigenvalue weighted by Gasteiger charge is -2.34. The van der Waals surface area contributed by atoms with Gasteiger partial charge in [-0.25, -0.2) is 0 Å². The standard InChI is InChI=1S/C42H44N3O6P3/c1-31-13-7-19-37(25-31)46-52(47-38-20-8-14-32(2)26-38)43-53(48-39-21-9-15-33(3)27-39,49-40-22-10-16-34(4)28-40)45-54(44-52,50-41-23-11-17-35(5)29-41)51-42-24-12-18-36(6)30-42/h7-30,43-44H,1-6H3/q+2. The summed E-state index contributed by atoms with van der Waals surface area (Å²) in [5, 5.41) is 0. The van der Waals surface area contributed by atoms with Gasteiger partial charge in [-0.3, -0.25) is 18.1 Å². The minimum absolute atomic E-state index is 0.530. The van der Waals surface area contributed by atoms with Crippen LogP contribution in [-0.2, 0) is 0 Å². The van der Waals surface area contributed by atoms with Gasteiger partial charge in [-0.2, -0.15) is 0 Å². The highest BCUT2D eigenvalue weighted by molar-refractivity contribution is 7.89. The van der Waals surface area contributed by atoms with Crippen molar-refractivity contribution in [2.45, 2.75) is 41.5 Å². The van der Waals surface area contributed by atoms with Crippen molar-refractivity contribution >= 4 is 23.7 Å². The van der Waals surface area contributed by atoms with E-state index in [1.54, 1.807) is 0 Å². The summed E-state index contributed by atoms with van der Waals surface area (Å²) in [6, 6.07) is 46.5. The molecule has 0 atom stereocenters. The molecule has 6 aromatic rings. The molecular formula is C42H44N3O6P3+2. The normalized spacial score (nSPS) is 15.3. The highest BCUT2D eigenvalue weighted by atomic mass is 31.3. The van der Waals surface area contributed by atoms with Crippen molar-refractivity contribution in [3.05, 3.63) is 179 Å². The Bertz CT molecular complexity index is 2190. The number of aryl methyl sites for hydroxylation is 6. The molecule has 0 fully saturated rings. The summed E-state index contributed by atoms with van der Waals surface area (Å²) >= 11 is 0. The number of rotatable bonds is 12. The van der Waals surface area contributed by atoms with Gasteiger partial charge < -0.3 is 9.05 Å². The molecule has 0 amide bonds. The van der Waals surface area contributed by atoms with Crippen LogP contribution in [-0.4, -0.2) is 0 Å². The van der Waals surface area contributed by atoms with Crippen LogP contribution < -0.4 is 36.9 Å². The van der Waals surface area contributed by atoms with Gasteiger partial charge in [0.25, 0.3) is 0 Å². The molecule has 1 aliphatic heterocycles. The molecule has 0 bridgehead atoms. The van der Waals surface area contributed by atoms with Gasteiger partial charge >= 0.3 is 23.7 Å². The van der Waals surface area contributed by atoms with E-state index in [9.17, 15) is 0 Å². The van der Waals surface area contributed by atoms with Crippen LogP contribution in [0.15, 0.2) is 150 Å². The Balaban J connectivity index is 1.53. The number of hydrogen-bond acceptors (Lipinski definition) is 9. The summed E-state index contributed by atoms with van der Waals surface area (Å²) in [7, 11) is -11.3. The smallest absolute Gasteiger partial charge is 0.415 e. The molecule has 0 saturated carbocycles. The quantitative estimate of drug-likeness (QED) is 0.119. The van der Waals surface area contributed by atoms with Gasteiger partial charge in [0.05, 0.1) is 4.52 Å². The van der Waals surface area contributed by atoms with E-state index in [4.69, 9.17) is 31.7 Å². The van der Waals surface area contributed by atoms with E-state index in [0.29, 0.717) is 34.5 Å². The van der Waals surface area contributed by atoms with Crippen molar-refractivity contribution < 1.29 is 27.1 Å². The van der Waals surface area contributed by atoms with Crippen molar-refractivity contribution in [2.75, 3.05) is 0 Å². The largest absolute Gasteiger partial charge is 0.617 e. The summed E-state index contributed by atoms with van der Waals surface area (Å²) in [6.45, 7) is 12.0. The Morgan fingerprint density at radius 1 is 0.407 bits per heavy atom. The predicted octanol–water partition coefficient (Wildman–Crippen LogP) is 12.8. The van der Waals surface area contributed by atoms with E-state index in [0.717, 1.165) is 33.4 Å². The fraction of sp³-hybridized carbons (Fsp3) is 0.143. The fourth-order valence-electron chi connectivity index (χ4n) is 5.74. The molecule has 54 heavy (non-hydrogen) atoms. The lowest BCUT2D eigenvalue weighted by Crippen LogP contribution is -2.41. The molecule has 0 aliphatic carbocycles. The summed E-state index contributed by atoms with van der Waals surface area (Å²) in [4.78, 5) is 7.25. The number of nitrogens with zero attached hydrogens (tertiary/aromatic N) is 1. The van der Waals surface area contributed by atoms with E-state index in [-0.39, 0.29) is 0 Å². The molecule has 2 N–H and O–H groups in total. The molecule has 0 unspecified atom stereocenters. The summed E-state index contributed by atoms with van der Waals surface area (Å²) in [5.74, 6) is 3.22. The molecule has 0 saturated heterocycles. The topological polar surface area (TPSA) is 91.8 Å². The first-order chi connectivity index (χ1) is 26.0. The minimum atomic E-state index is -3.80. The van der Waals surface area contributed by atoms with Crippen LogP contribution in [0.4, 0.5) is 0 Å². The van der Waals surface area contributed by atoms with Crippen LogP contribution in [0.1, 0.15) is 33.4 Å². The molecule has 0 aromatic heterocycles. The van der Waals surface area contributed by atoms with Gasteiger partial charge in [-0.15, -0.1) is 0 Å². The van der Waals surface area contributed by atoms with E-state index < -0.39 is 23.7 Å². The Morgan fingerprint density at radius 2 is 0.704 bits per heavy atom. The van der Waals surface area contributed by atoms with E-state index >= 15 is 0 Å². The van der Waals surface area contributed by atoms with Crippen LogP contribution in [0.25, 0.3) is 0 Å². The second-order valence-corrected chi connectivity index (χ2v) is 19.9. The third kappa shape index (κ3) is 9.43. The Hall–Kier alpha value is -4.87. The summed E-state index contributed by atoms with van der Waals surface area (Å²) in [5.41, 5.74) is 6.00. The van der Waals surface area contributed by atoms with Gasteiger partial charge in [0.15, 0.2) is 23.0 Å². The van der Waals surface area contributed by atoms with Gasteiger partial charge in [-0.1, -0.05) is 72.8 Å². The zero-order valence-corrected chi connectivity index (χ0v) is 33.8. The van der Waals surface area contributed by atoms with Crippen LogP contribution in [0, 0.1) is 41.5 Å². The lowest BCUT2D eigenvalue weighted by atomic mass is 10.2. The van der Waals surface area contributed by atoms with E-state index in [1.807, 2.05) is 187 Å². The van der Waals surface area contributed by atoms with Crippen LogP contribution >= 0.6 is 23.7 Å². The van der Waals surface area contributed by atoms with Gasteiger partial charge in [0, 0.05) is 4.86 Å². The van der Waals surface area contributed by atoms with Crippen molar-refractivity contribution in [3.63, 3.8) is 0 Å². The summed E-state index contributed by atoms with van der Waals surface area (Å²) < 4.78 is 47.7. The third-order valence-corrected chi connectivity index (χ3v) is 16.9. The number of hydrogen-bond donors (Lipinski definition) is 2. The molecule has 276 valence electrons. The van der Waals surface area contributed by atoms with Crippen molar-refractivity contribution in [2.24, 2.45) is 4.52 Å². The molecule has 9 nitrogen and oxygen atoms in total. The first-order valence-electron chi connectivity index (χ1n) is 17.5. The molecule has 1 aliphatic rings. The Labute approximate surface area is 319 Å². The van der Waals surface area contributed by atoms with Gasteiger partial charge in [-0.05, 0) is 148 Å².